The van der Waals surface area contributed by atoms with Crippen LogP contribution < -0.4 is 15.4 Å². The lowest BCUT2D eigenvalue weighted by Gasteiger charge is -2.26. The molecule has 0 aliphatic heterocycles. The molecule has 2 aromatic carbocycles. The molecule has 0 aromatic heterocycles. The second-order valence-electron chi connectivity index (χ2n) is 5.54. The van der Waals surface area contributed by atoms with Gasteiger partial charge < -0.3 is 20.3 Å². The van der Waals surface area contributed by atoms with E-state index in [2.05, 4.69) is 10.6 Å². The molecular formula is C18H22ClN3O2. The standard InChI is InChI=1S/C18H22ClN3O2/c1-22(2)16(13-8-4-7-11-17(13)24-3)12-20-18(23)21-15-10-6-5-9-14(15)19/h4-11,16H,12H2,1-3H3,(H2,20,21,23). The van der Waals surface area contributed by atoms with Gasteiger partial charge in [0.05, 0.1) is 23.9 Å². The van der Waals surface area contributed by atoms with Crippen molar-refractivity contribution in [1.29, 1.82) is 0 Å². The van der Waals surface area contributed by atoms with E-state index in [-0.39, 0.29) is 12.1 Å². The SMILES string of the molecule is COc1ccccc1C(CNC(=O)Nc1ccccc1Cl)N(C)C. The highest BCUT2D eigenvalue weighted by molar-refractivity contribution is 6.33. The van der Waals surface area contributed by atoms with E-state index in [0.29, 0.717) is 17.3 Å². The molecule has 0 heterocycles. The molecule has 5 nitrogen and oxygen atoms in total. The lowest BCUT2D eigenvalue weighted by atomic mass is 10.0. The second-order valence-corrected chi connectivity index (χ2v) is 5.94. The number of benzene rings is 2. The predicted molar refractivity (Wildman–Crippen MR) is 97.9 cm³/mol. The van der Waals surface area contributed by atoms with Gasteiger partial charge in [-0.25, -0.2) is 4.79 Å². The molecule has 0 aliphatic rings. The van der Waals surface area contributed by atoms with Crippen LogP contribution in [0.3, 0.4) is 0 Å². The summed E-state index contributed by atoms with van der Waals surface area (Å²) in [5.74, 6) is 0.796. The smallest absolute Gasteiger partial charge is 0.319 e. The molecule has 1 atom stereocenters. The third kappa shape index (κ3) is 4.63. The molecule has 2 rings (SSSR count). The molecule has 2 N–H and O–H groups in total. The Bertz CT molecular complexity index is 691. The van der Waals surface area contributed by atoms with Gasteiger partial charge >= 0.3 is 6.03 Å². The van der Waals surface area contributed by atoms with Crippen LogP contribution >= 0.6 is 11.6 Å². The Kier molecular flexibility index (Phi) is 6.46. The molecular weight excluding hydrogens is 326 g/mol. The number of rotatable bonds is 6. The largest absolute Gasteiger partial charge is 0.496 e. The first-order chi connectivity index (χ1) is 11.5. The Morgan fingerprint density at radius 1 is 1.17 bits per heavy atom. The van der Waals surface area contributed by atoms with Crippen molar-refractivity contribution in [3.05, 3.63) is 59.1 Å². The zero-order valence-electron chi connectivity index (χ0n) is 14.0. The van der Waals surface area contributed by atoms with Crippen LogP contribution in [0.15, 0.2) is 48.5 Å². The van der Waals surface area contributed by atoms with Gasteiger partial charge in [0.2, 0.25) is 0 Å². The van der Waals surface area contributed by atoms with Crippen LogP contribution in [0.4, 0.5) is 10.5 Å². The lowest BCUT2D eigenvalue weighted by Crippen LogP contribution is -2.37. The number of ether oxygens (including phenoxy) is 1. The number of para-hydroxylation sites is 2. The number of hydrogen-bond donors (Lipinski definition) is 2. The number of hydrogen-bond acceptors (Lipinski definition) is 3. The van der Waals surface area contributed by atoms with Gasteiger partial charge in [-0.1, -0.05) is 41.9 Å². The van der Waals surface area contributed by atoms with Gasteiger partial charge in [-0.15, -0.1) is 0 Å². The number of carbonyl (C=O) groups is 1. The Morgan fingerprint density at radius 3 is 2.50 bits per heavy atom. The fourth-order valence-corrected chi connectivity index (χ4v) is 2.61. The van der Waals surface area contributed by atoms with Crippen LogP contribution in [-0.4, -0.2) is 38.7 Å². The van der Waals surface area contributed by atoms with E-state index >= 15 is 0 Å². The van der Waals surface area contributed by atoms with Gasteiger partial charge in [0.25, 0.3) is 0 Å². The summed E-state index contributed by atoms with van der Waals surface area (Å²) in [5, 5.41) is 6.14. The van der Waals surface area contributed by atoms with E-state index < -0.39 is 0 Å². The predicted octanol–water partition coefficient (Wildman–Crippen LogP) is 3.77. The average molecular weight is 348 g/mol. The number of carbonyl (C=O) groups excluding carboxylic acids is 1. The summed E-state index contributed by atoms with van der Waals surface area (Å²) in [4.78, 5) is 14.2. The molecule has 0 spiro atoms. The molecule has 0 saturated carbocycles. The van der Waals surface area contributed by atoms with Gasteiger partial charge in [0.15, 0.2) is 0 Å². The fourth-order valence-electron chi connectivity index (χ4n) is 2.43. The quantitative estimate of drug-likeness (QED) is 0.836. The highest BCUT2D eigenvalue weighted by atomic mass is 35.5. The number of methoxy groups -OCH3 is 1. The van der Waals surface area contributed by atoms with Crippen molar-refractivity contribution in [2.24, 2.45) is 0 Å². The van der Waals surface area contributed by atoms with Crippen LogP contribution in [0.1, 0.15) is 11.6 Å². The highest BCUT2D eigenvalue weighted by Gasteiger charge is 2.19. The molecule has 0 aliphatic carbocycles. The monoisotopic (exact) mass is 347 g/mol. The van der Waals surface area contributed by atoms with Crippen molar-refractivity contribution in [1.82, 2.24) is 10.2 Å². The topological polar surface area (TPSA) is 53.6 Å². The van der Waals surface area contributed by atoms with Gasteiger partial charge in [-0.2, -0.15) is 0 Å². The maximum absolute atomic E-state index is 12.1. The first-order valence-electron chi connectivity index (χ1n) is 7.61. The summed E-state index contributed by atoms with van der Waals surface area (Å²) < 4.78 is 5.42. The first kappa shape index (κ1) is 18.1. The number of urea groups is 1. The Labute approximate surface area is 147 Å². The van der Waals surface area contributed by atoms with Crippen molar-refractivity contribution < 1.29 is 9.53 Å². The molecule has 6 heteroatoms. The lowest BCUT2D eigenvalue weighted by molar-refractivity contribution is 0.242. The highest BCUT2D eigenvalue weighted by Crippen LogP contribution is 2.27. The summed E-state index contributed by atoms with van der Waals surface area (Å²) in [7, 11) is 5.57. The summed E-state index contributed by atoms with van der Waals surface area (Å²) in [6, 6.07) is 14.6. The van der Waals surface area contributed by atoms with Crippen LogP contribution in [0.2, 0.25) is 5.02 Å². The second kappa shape index (κ2) is 8.57. The fraction of sp³-hybridized carbons (Fsp3) is 0.278. The Hall–Kier alpha value is -2.24. The van der Waals surface area contributed by atoms with E-state index in [9.17, 15) is 4.79 Å². The number of amides is 2. The number of nitrogens with one attached hydrogen (secondary N) is 2. The molecule has 0 fully saturated rings. The van der Waals surface area contributed by atoms with Gasteiger partial charge in [-0.3, -0.25) is 0 Å². The van der Waals surface area contributed by atoms with Crippen LogP contribution in [-0.2, 0) is 0 Å². The minimum absolute atomic E-state index is 0.0156. The van der Waals surface area contributed by atoms with E-state index in [1.54, 1.807) is 19.2 Å². The van der Waals surface area contributed by atoms with Crippen molar-refractivity contribution in [2.75, 3.05) is 33.1 Å². The average Bonchev–Trinajstić information content (AvgIpc) is 2.57. The Morgan fingerprint density at radius 2 is 1.83 bits per heavy atom. The van der Waals surface area contributed by atoms with Gasteiger partial charge in [0.1, 0.15) is 5.75 Å². The van der Waals surface area contributed by atoms with E-state index in [0.717, 1.165) is 11.3 Å². The molecule has 2 aromatic rings. The maximum Gasteiger partial charge on any atom is 0.319 e. The van der Waals surface area contributed by atoms with Crippen molar-refractivity contribution in [3.8, 4) is 5.75 Å². The van der Waals surface area contributed by atoms with E-state index in [4.69, 9.17) is 16.3 Å². The van der Waals surface area contributed by atoms with Crippen LogP contribution in [0.5, 0.6) is 5.75 Å². The molecule has 0 bridgehead atoms. The minimum Gasteiger partial charge on any atom is -0.496 e. The maximum atomic E-state index is 12.1. The molecule has 2 amide bonds. The zero-order valence-corrected chi connectivity index (χ0v) is 14.8. The van der Waals surface area contributed by atoms with Gasteiger partial charge in [-0.05, 0) is 32.3 Å². The van der Waals surface area contributed by atoms with Crippen LogP contribution in [0.25, 0.3) is 0 Å². The van der Waals surface area contributed by atoms with E-state index in [1.165, 1.54) is 0 Å². The zero-order chi connectivity index (χ0) is 17.5. The summed E-state index contributed by atoms with van der Waals surface area (Å²) in [6.45, 7) is 0.434. The van der Waals surface area contributed by atoms with Crippen molar-refractivity contribution >= 4 is 23.3 Å². The van der Waals surface area contributed by atoms with Crippen LogP contribution in [0, 0.1) is 0 Å². The third-order valence-corrected chi connectivity index (χ3v) is 4.03. The normalized spacial score (nSPS) is 11.9. The molecule has 1 unspecified atom stereocenters. The van der Waals surface area contributed by atoms with E-state index in [1.807, 2.05) is 55.4 Å². The number of likely N-dealkylation sites (N-methyl/N-ethyl adjacent to an activating group) is 1. The summed E-state index contributed by atoms with van der Waals surface area (Å²) in [5.41, 5.74) is 1.60. The first-order valence-corrected chi connectivity index (χ1v) is 7.99. The Balaban J connectivity index is 2.04. The number of anilines is 1. The number of nitrogens with zero attached hydrogens (tertiary/aromatic N) is 1. The molecule has 0 radical (unpaired) electrons. The molecule has 24 heavy (non-hydrogen) atoms. The third-order valence-electron chi connectivity index (χ3n) is 3.70. The molecule has 128 valence electrons. The van der Waals surface area contributed by atoms with Crippen molar-refractivity contribution in [3.63, 3.8) is 0 Å². The molecule has 0 saturated heterocycles. The summed E-state index contributed by atoms with van der Waals surface area (Å²) in [6.07, 6.45) is 0. The number of halogens is 1. The summed E-state index contributed by atoms with van der Waals surface area (Å²) >= 11 is 6.05. The minimum atomic E-state index is -0.301. The van der Waals surface area contributed by atoms with Gasteiger partial charge in [0, 0.05) is 12.1 Å². The van der Waals surface area contributed by atoms with Crippen molar-refractivity contribution in [2.45, 2.75) is 6.04 Å².